The van der Waals surface area contributed by atoms with Crippen molar-refractivity contribution in [1.82, 2.24) is 10.2 Å². The predicted molar refractivity (Wildman–Crippen MR) is 111 cm³/mol. The maximum Gasteiger partial charge on any atom is 0.228 e. The van der Waals surface area contributed by atoms with E-state index in [1.165, 1.54) is 24.8 Å². The quantitative estimate of drug-likeness (QED) is 0.859. The Labute approximate surface area is 164 Å². The van der Waals surface area contributed by atoms with Crippen molar-refractivity contribution in [3.05, 3.63) is 35.9 Å². The molecule has 3 atom stereocenters. The van der Waals surface area contributed by atoms with Crippen molar-refractivity contribution in [2.45, 2.75) is 64.7 Å². The molecular formula is C24H36N2O. The molecule has 1 heterocycles. The highest BCUT2D eigenvalue weighted by Gasteiger charge is 2.57. The zero-order chi connectivity index (χ0) is 19.1. The average Bonchev–Trinajstić information content (AvgIpc) is 2.67. The van der Waals surface area contributed by atoms with Gasteiger partial charge < -0.3 is 10.2 Å². The molecule has 3 heteroatoms. The van der Waals surface area contributed by atoms with Gasteiger partial charge in [0.2, 0.25) is 5.91 Å². The number of carbonyl (C=O) groups excluding carboxylic acids is 1. The minimum absolute atomic E-state index is 0.158. The van der Waals surface area contributed by atoms with E-state index in [2.05, 4.69) is 61.3 Å². The molecule has 1 saturated heterocycles. The molecule has 1 aromatic rings. The summed E-state index contributed by atoms with van der Waals surface area (Å²) in [7, 11) is 0. The molecule has 3 unspecified atom stereocenters. The van der Waals surface area contributed by atoms with Crippen molar-refractivity contribution in [2.24, 2.45) is 16.7 Å². The van der Waals surface area contributed by atoms with E-state index >= 15 is 0 Å². The normalized spacial score (nSPS) is 35.7. The lowest BCUT2D eigenvalue weighted by molar-refractivity contribution is -0.151. The van der Waals surface area contributed by atoms with Gasteiger partial charge in [0.05, 0.1) is 5.41 Å². The Hall–Kier alpha value is -1.35. The van der Waals surface area contributed by atoms with Crippen molar-refractivity contribution in [1.29, 1.82) is 0 Å². The number of rotatable bonds is 3. The van der Waals surface area contributed by atoms with Crippen molar-refractivity contribution < 1.29 is 4.79 Å². The summed E-state index contributed by atoms with van der Waals surface area (Å²) in [6.45, 7) is 10.7. The molecule has 3 fully saturated rings. The lowest BCUT2D eigenvalue weighted by Gasteiger charge is -2.58. The number of nitrogens with one attached hydrogen (secondary N) is 1. The first-order chi connectivity index (χ1) is 12.9. The Kier molecular flexibility index (Phi) is 4.86. The highest BCUT2D eigenvalue weighted by Crippen LogP contribution is 2.62. The largest absolute Gasteiger partial charge is 0.340 e. The van der Waals surface area contributed by atoms with Gasteiger partial charge in [-0.05, 0) is 60.8 Å². The van der Waals surface area contributed by atoms with Crippen molar-refractivity contribution in [3.63, 3.8) is 0 Å². The van der Waals surface area contributed by atoms with Crippen molar-refractivity contribution in [2.75, 3.05) is 26.2 Å². The van der Waals surface area contributed by atoms with E-state index in [1.54, 1.807) is 0 Å². The molecule has 3 aliphatic rings. The van der Waals surface area contributed by atoms with E-state index in [0.29, 0.717) is 17.2 Å². The monoisotopic (exact) mass is 368 g/mol. The van der Waals surface area contributed by atoms with Gasteiger partial charge in [-0.25, -0.2) is 0 Å². The Morgan fingerprint density at radius 2 is 1.78 bits per heavy atom. The summed E-state index contributed by atoms with van der Waals surface area (Å²) in [4.78, 5) is 15.9. The first-order valence-electron chi connectivity index (χ1n) is 10.9. The molecule has 3 nitrogen and oxygen atoms in total. The molecule has 4 rings (SSSR count). The van der Waals surface area contributed by atoms with Gasteiger partial charge in [0.15, 0.2) is 0 Å². The second-order valence-electron chi connectivity index (χ2n) is 10.3. The van der Waals surface area contributed by atoms with E-state index in [0.717, 1.165) is 45.4 Å². The van der Waals surface area contributed by atoms with Crippen LogP contribution in [0.15, 0.2) is 30.3 Å². The van der Waals surface area contributed by atoms with Crippen LogP contribution in [0, 0.1) is 16.7 Å². The number of hydrogen-bond donors (Lipinski definition) is 1. The molecule has 2 aliphatic carbocycles. The smallest absolute Gasteiger partial charge is 0.228 e. The Bertz CT molecular complexity index is 679. The molecule has 0 spiro atoms. The lowest BCUT2D eigenvalue weighted by Crippen LogP contribution is -2.57. The molecule has 2 saturated carbocycles. The van der Waals surface area contributed by atoms with E-state index in [4.69, 9.17) is 0 Å². The lowest BCUT2D eigenvalue weighted by atomic mass is 9.46. The van der Waals surface area contributed by atoms with E-state index in [1.807, 2.05) is 0 Å². The van der Waals surface area contributed by atoms with Crippen LogP contribution < -0.4 is 5.32 Å². The summed E-state index contributed by atoms with van der Waals surface area (Å²) in [5.74, 6) is 1.10. The maximum atomic E-state index is 13.8. The highest BCUT2D eigenvalue weighted by atomic mass is 16.2. The first kappa shape index (κ1) is 19.0. The SMILES string of the molecule is CCC1(C(=O)N2CCNCC2)CC2CC(C)(C)CC(c3ccccc3)(C2)C1. The molecule has 1 aliphatic heterocycles. The fourth-order valence-corrected chi connectivity index (χ4v) is 6.92. The summed E-state index contributed by atoms with van der Waals surface area (Å²) in [6, 6.07) is 11.1. The van der Waals surface area contributed by atoms with Gasteiger partial charge in [0.25, 0.3) is 0 Å². The van der Waals surface area contributed by atoms with Crippen LogP contribution in [0.2, 0.25) is 0 Å². The summed E-state index contributed by atoms with van der Waals surface area (Å²) in [6.07, 6.45) is 6.82. The Balaban J connectivity index is 1.72. The molecule has 2 bridgehead atoms. The molecule has 1 aromatic carbocycles. The fourth-order valence-electron chi connectivity index (χ4n) is 6.92. The van der Waals surface area contributed by atoms with Gasteiger partial charge in [0, 0.05) is 26.2 Å². The van der Waals surface area contributed by atoms with Gasteiger partial charge in [-0.1, -0.05) is 51.1 Å². The van der Waals surface area contributed by atoms with Crippen LogP contribution in [0.5, 0.6) is 0 Å². The topological polar surface area (TPSA) is 32.3 Å². The molecule has 27 heavy (non-hydrogen) atoms. The molecule has 148 valence electrons. The van der Waals surface area contributed by atoms with Crippen LogP contribution in [0.4, 0.5) is 0 Å². The zero-order valence-corrected chi connectivity index (χ0v) is 17.4. The van der Waals surface area contributed by atoms with Crippen molar-refractivity contribution in [3.8, 4) is 0 Å². The highest BCUT2D eigenvalue weighted by molar-refractivity contribution is 5.83. The fraction of sp³-hybridized carbons (Fsp3) is 0.708. The molecule has 1 amide bonds. The number of nitrogens with zero attached hydrogens (tertiary/aromatic N) is 1. The van der Waals surface area contributed by atoms with Crippen molar-refractivity contribution >= 4 is 5.91 Å². The van der Waals surface area contributed by atoms with Crippen LogP contribution in [-0.2, 0) is 10.2 Å². The van der Waals surface area contributed by atoms with E-state index < -0.39 is 0 Å². The van der Waals surface area contributed by atoms with Crippen LogP contribution in [0.1, 0.15) is 64.9 Å². The van der Waals surface area contributed by atoms with Gasteiger partial charge in [0.1, 0.15) is 0 Å². The predicted octanol–water partition coefficient (Wildman–Crippen LogP) is 4.37. The summed E-state index contributed by atoms with van der Waals surface area (Å²) < 4.78 is 0. The number of benzene rings is 1. The van der Waals surface area contributed by atoms with Crippen LogP contribution >= 0.6 is 0 Å². The summed E-state index contributed by atoms with van der Waals surface area (Å²) in [5, 5.41) is 3.39. The van der Waals surface area contributed by atoms with Crippen LogP contribution in [-0.4, -0.2) is 37.0 Å². The molecule has 1 N–H and O–H groups in total. The number of amides is 1. The van der Waals surface area contributed by atoms with Gasteiger partial charge >= 0.3 is 0 Å². The van der Waals surface area contributed by atoms with E-state index in [9.17, 15) is 4.79 Å². The molecule has 0 aromatic heterocycles. The zero-order valence-electron chi connectivity index (χ0n) is 17.4. The third-order valence-electron chi connectivity index (χ3n) is 7.61. The summed E-state index contributed by atoms with van der Waals surface area (Å²) in [5.41, 5.74) is 1.81. The van der Waals surface area contributed by atoms with Gasteiger partial charge in [-0.3, -0.25) is 4.79 Å². The summed E-state index contributed by atoms with van der Waals surface area (Å²) >= 11 is 0. The second-order valence-corrected chi connectivity index (χ2v) is 10.3. The van der Waals surface area contributed by atoms with E-state index in [-0.39, 0.29) is 10.8 Å². The number of fused-ring (bicyclic) bond motifs is 2. The Morgan fingerprint density at radius 1 is 1.07 bits per heavy atom. The number of carbonyl (C=O) groups is 1. The van der Waals surface area contributed by atoms with Gasteiger partial charge in [-0.15, -0.1) is 0 Å². The number of piperazine rings is 1. The van der Waals surface area contributed by atoms with Crippen LogP contribution in [0.25, 0.3) is 0 Å². The maximum absolute atomic E-state index is 13.8. The average molecular weight is 369 g/mol. The minimum atomic E-state index is -0.174. The van der Waals surface area contributed by atoms with Gasteiger partial charge in [-0.2, -0.15) is 0 Å². The minimum Gasteiger partial charge on any atom is -0.340 e. The Morgan fingerprint density at radius 3 is 2.44 bits per heavy atom. The second kappa shape index (κ2) is 6.92. The van der Waals surface area contributed by atoms with Crippen LogP contribution in [0.3, 0.4) is 0 Å². The first-order valence-corrected chi connectivity index (χ1v) is 10.9. The molecule has 0 radical (unpaired) electrons. The number of hydrogen-bond acceptors (Lipinski definition) is 2. The third kappa shape index (κ3) is 3.44. The third-order valence-corrected chi connectivity index (χ3v) is 7.61. The molecular weight excluding hydrogens is 332 g/mol. The standard InChI is InChI=1S/C24H36N2O/c1-4-23(21(27)26-12-10-25-11-13-26)15-19-14-22(2,3)17-24(16-19,18-23)20-8-6-5-7-9-20/h5-9,19,25H,4,10-18H2,1-3H3.